The van der Waals surface area contributed by atoms with Crippen molar-refractivity contribution in [1.29, 1.82) is 0 Å². The third-order valence-corrected chi connectivity index (χ3v) is 3.04. The van der Waals surface area contributed by atoms with Crippen molar-refractivity contribution in [3.63, 3.8) is 0 Å². The Morgan fingerprint density at radius 2 is 2.12 bits per heavy atom. The molecule has 1 heterocycles. The monoisotopic (exact) mass is 217 g/mol. The van der Waals surface area contributed by atoms with E-state index in [9.17, 15) is 5.11 Å². The molecule has 86 valence electrons. The van der Waals surface area contributed by atoms with Gasteiger partial charge in [0, 0.05) is 11.7 Å². The first-order chi connectivity index (χ1) is 7.81. The lowest BCUT2D eigenvalue weighted by Crippen LogP contribution is -1.96. The maximum absolute atomic E-state index is 10.0. The predicted octanol–water partition coefficient (Wildman–Crippen LogP) is 3.78. The summed E-state index contributed by atoms with van der Waals surface area (Å²) in [7, 11) is 0. The molecule has 0 bridgehead atoms. The van der Waals surface area contributed by atoms with Crippen LogP contribution in [0.1, 0.15) is 44.3 Å². The minimum absolute atomic E-state index is 0.314. The summed E-state index contributed by atoms with van der Waals surface area (Å²) >= 11 is 0. The average molecular weight is 217 g/mol. The third kappa shape index (κ3) is 2.45. The fourth-order valence-electron chi connectivity index (χ4n) is 2.03. The lowest BCUT2D eigenvalue weighted by molar-refractivity contribution is 0.164. The van der Waals surface area contributed by atoms with Gasteiger partial charge in [-0.25, -0.2) is 0 Å². The predicted molar refractivity (Wildman–Crippen MR) is 67.4 cm³/mol. The highest BCUT2D eigenvalue weighted by molar-refractivity contribution is 5.79. The van der Waals surface area contributed by atoms with Crippen LogP contribution in [-0.4, -0.2) is 10.1 Å². The number of hydrogen-bond donors (Lipinski definition) is 2. The molecule has 1 unspecified atom stereocenters. The minimum Gasteiger partial charge on any atom is -0.388 e. The first kappa shape index (κ1) is 11.2. The normalized spacial score (nSPS) is 13.1. The molecule has 0 aliphatic heterocycles. The summed E-state index contributed by atoms with van der Waals surface area (Å²) in [6.07, 6.45) is 5.98. The summed E-state index contributed by atoms with van der Waals surface area (Å²) in [4.78, 5) is 3.16. The number of aliphatic hydroxyl groups excluding tert-OH is 1. The second-order valence-corrected chi connectivity index (χ2v) is 4.34. The lowest BCUT2D eigenvalue weighted by Gasteiger charge is -2.10. The van der Waals surface area contributed by atoms with E-state index >= 15 is 0 Å². The molecule has 1 aromatic carbocycles. The van der Waals surface area contributed by atoms with Gasteiger partial charge in [-0.15, -0.1) is 0 Å². The zero-order chi connectivity index (χ0) is 11.4. The largest absolute Gasteiger partial charge is 0.388 e. The summed E-state index contributed by atoms with van der Waals surface area (Å²) in [6.45, 7) is 2.18. The SMILES string of the molecule is CCCCCC(O)c1ccc2[nH]ccc2c1. The quantitative estimate of drug-likeness (QED) is 0.734. The molecule has 2 nitrogen and oxygen atoms in total. The van der Waals surface area contributed by atoms with E-state index in [0.29, 0.717) is 0 Å². The summed E-state index contributed by atoms with van der Waals surface area (Å²) in [5, 5.41) is 11.2. The Bertz CT molecular complexity index is 447. The second-order valence-electron chi connectivity index (χ2n) is 4.34. The van der Waals surface area contributed by atoms with Gasteiger partial charge in [0.05, 0.1) is 6.10 Å². The standard InChI is InChI=1S/C14H19NO/c1-2-3-4-5-14(16)12-6-7-13-11(10-12)8-9-15-13/h6-10,14-16H,2-5H2,1H3. The molecule has 0 spiro atoms. The highest BCUT2D eigenvalue weighted by Crippen LogP contribution is 2.23. The first-order valence-electron chi connectivity index (χ1n) is 6.06. The molecule has 0 saturated heterocycles. The molecule has 0 aliphatic rings. The zero-order valence-electron chi connectivity index (χ0n) is 9.74. The van der Waals surface area contributed by atoms with Gasteiger partial charge >= 0.3 is 0 Å². The van der Waals surface area contributed by atoms with Crippen molar-refractivity contribution in [2.75, 3.05) is 0 Å². The van der Waals surface area contributed by atoms with Gasteiger partial charge in [-0.1, -0.05) is 32.3 Å². The van der Waals surface area contributed by atoms with Gasteiger partial charge in [-0.05, 0) is 35.6 Å². The van der Waals surface area contributed by atoms with E-state index in [0.717, 1.165) is 23.9 Å². The van der Waals surface area contributed by atoms with Crippen LogP contribution < -0.4 is 0 Å². The highest BCUT2D eigenvalue weighted by Gasteiger charge is 2.07. The number of nitrogens with one attached hydrogen (secondary N) is 1. The van der Waals surface area contributed by atoms with Gasteiger partial charge in [0.25, 0.3) is 0 Å². The van der Waals surface area contributed by atoms with Crippen LogP contribution >= 0.6 is 0 Å². The van der Waals surface area contributed by atoms with Crippen molar-refractivity contribution in [3.05, 3.63) is 36.0 Å². The molecule has 2 aromatic rings. The van der Waals surface area contributed by atoms with Crippen LogP contribution in [0.25, 0.3) is 10.9 Å². The number of aromatic nitrogens is 1. The van der Waals surface area contributed by atoms with E-state index in [1.54, 1.807) is 0 Å². The molecule has 0 saturated carbocycles. The van der Waals surface area contributed by atoms with Crippen LogP contribution in [0.3, 0.4) is 0 Å². The molecule has 0 fully saturated rings. The van der Waals surface area contributed by atoms with Gasteiger partial charge in [0.1, 0.15) is 0 Å². The molecule has 1 atom stereocenters. The molecule has 2 rings (SSSR count). The number of aromatic amines is 1. The molecule has 0 radical (unpaired) electrons. The summed E-state index contributed by atoms with van der Waals surface area (Å²) in [5.74, 6) is 0. The molecule has 1 aromatic heterocycles. The average Bonchev–Trinajstić information content (AvgIpc) is 2.76. The van der Waals surface area contributed by atoms with Crippen LogP contribution in [0.2, 0.25) is 0 Å². The van der Waals surface area contributed by atoms with Crippen LogP contribution in [0.4, 0.5) is 0 Å². The van der Waals surface area contributed by atoms with Crippen LogP contribution in [0.5, 0.6) is 0 Å². The molecular formula is C14H19NO. The van der Waals surface area contributed by atoms with Gasteiger partial charge in [0.2, 0.25) is 0 Å². The minimum atomic E-state index is -0.314. The number of rotatable bonds is 5. The van der Waals surface area contributed by atoms with E-state index in [4.69, 9.17) is 0 Å². The van der Waals surface area contributed by atoms with Gasteiger partial charge in [-0.2, -0.15) is 0 Å². The number of H-pyrrole nitrogens is 1. The Morgan fingerprint density at radius 1 is 1.25 bits per heavy atom. The Labute approximate surface area is 96.3 Å². The molecule has 2 heteroatoms. The number of benzene rings is 1. The van der Waals surface area contributed by atoms with E-state index in [-0.39, 0.29) is 6.10 Å². The second kappa shape index (κ2) is 5.17. The topological polar surface area (TPSA) is 36.0 Å². The number of fused-ring (bicyclic) bond motifs is 1. The molecule has 0 aliphatic carbocycles. The number of hydrogen-bond acceptors (Lipinski definition) is 1. The smallest absolute Gasteiger partial charge is 0.0790 e. The molecule has 2 N–H and O–H groups in total. The number of aliphatic hydroxyl groups is 1. The Kier molecular flexibility index (Phi) is 3.62. The van der Waals surface area contributed by atoms with Crippen molar-refractivity contribution in [1.82, 2.24) is 4.98 Å². The summed E-state index contributed by atoms with van der Waals surface area (Å²) in [5.41, 5.74) is 2.16. The van der Waals surface area contributed by atoms with E-state index in [2.05, 4.69) is 18.0 Å². The Morgan fingerprint density at radius 3 is 2.94 bits per heavy atom. The fourth-order valence-corrected chi connectivity index (χ4v) is 2.03. The first-order valence-corrected chi connectivity index (χ1v) is 6.06. The maximum atomic E-state index is 10.0. The molecule has 0 amide bonds. The van der Waals surface area contributed by atoms with Gasteiger partial charge in [0.15, 0.2) is 0 Å². The van der Waals surface area contributed by atoms with Crippen LogP contribution in [-0.2, 0) is 0 Å². The maximum Gasteiger partial charge on any atom is 0.0790 e. The molecular weight excluding hydrogens is 198 g/mol. The van der Waals surface area contributed by atoms with Crippen molar-refractivity contribution in [2.45, 2.75) is 38.7 Å². The van der Waals surface area contributed by atoms with E-state index in [1.807, 2.05) is 24.4 Å². The van der Waals surface area contributed by atoms with Crippen molar-refractivity contribution in [3.8, 4) is 0 Å². The summed E-state index contributed by atoms with van der Waals surface area (Å²) in [6, 6.07) is 8.16. The summed E-state index contributed by atoms with van der Waals surface area (Å²) < 4.78 is 0. The van der Waals surface area contributed by atoms with Gasteiger partial charge in [-0.3, -0.25) is 0 Å². The van der Waals surface area contributed by atoms with Crippen molar-refractivity contribution >= 4 is 10.9 Å². The third-order valence-electron chi connectivity index (χ3n) is 3.04. The lowest BCUT2D eigenvalue weighted by atomic mass is 10.0. The zero-order valence-corrected chi connectivity index (χ0v) is 9.74. The van der Waals surface area contributed by atoms with Crippen LogP contribution in [0, 0.1) is 0 Å². The van der Waals surface area contributed by atoms with Crippen molar-refractivity contribution in [2.24, 2.45) is 0 Å². The Balaban J connectivity index is 2.07. The van der Waals surface area contributed by atoms with Crippen molar-refractivity contribution < 1.29 is 5.11 Å². The van der Waals surface area contributed by atoms with E-state index < -0.39 is 0 Å². The van der Waals surface area contributed by atoms with Gasteiger partial charge < -0.3 is 10.1 Å². The highest BCUT2D eigenvalue weighted by atomic mass is 16.3. The Hall–Kier alpha value is -1.28. The fraction of sp³-hybridized carbons (Fsp3) is 0.429. The number of unbranched alkanes of at least 4 members (excludes halogenated alkanes) is 2. The van der Waals surface area contributed by atoms with E-state index in [1.165, 1.54) is 18.2 Å². The molecule has 16 heavy (non-hydrogen) atoms. The van der Waals surface area contributed by atoms with Crippen LogP contribution in [0.15, 0.2) is 30.5 Å².